The van der Waals surface area contributed by atoms with E-state index in [1.54, 1.807) is 12.1 Å². The number of hydrogen-bond donors (Lipinski definition) is 2. The Kier molecular flexibility index (Phi) is 3.91. The van der Waals surface area contributed by atoms with Gasteiger partial charge in [-0.05, 0) is 30.2 Å². The fourth-order valence-electron chi connectivity index (χ4n) is 1.83. The van der Waals surface area contributed by atoms with Gasteiger partial charge in [0, 0.05) is 16.8 Å². The first-order valence-corrected chi connectivity index (χ1v) is 5.83. The molecule has 1 heterocycles. The van der Waals surface area contributed by atoms with Gasteiger partial charge >= 0.3 is 0 Å². The van der Waals surface area contributed by atoms with Gasteiger partial charge in [-0.1, -0.05) is 23.7 Å². The van der Waals surface area contributed by atoms with E-state index in [1.807, 2.05) is 19.1 Å². The summed E-state index contributed by atoms with van der Waals surface area (Å²) in [6, 6.07) is 6.65. The summed E-state index contributed by atoms with van der Waals surface area (Å²) in [5.41, 5.74) is 4.84. The third-order valence-electron chi connectivity index (χ3n) is 2.80. The second-order valence-electron chi connectivity index (χ2n) is 4.01. The van der Waals surface area contributed by atoms with Crippen LogP contribution in [0, 0.1) is 12.7 Å². The molecule has 1 unspecified atom stereocenters. The standard InChI is InChI=1S/C13H13ClFN3/c1-8-6-9(2-3-11(8)14)13(18-16)10-4-5-17-7-12(10)15/h2-7,13,18H,16H2,1H3. The molecule has 0 amide bonds. The number of nitrogens with one attached hydrogen (secondary N) is 1. The lowest BCUT2D eigenvalue weighted by atomic mass is 9.98. The zero-order chi connectivity index (χ0) is 13.1. The number of nitrogens with zero attached hydrogens (tertiary/aromatic N) is 1. The normalized spacial score (nSPS) is 12.4. The summed E-state index contributed by atoms with van der Waals surface area (Å²) in [4.78, 5) is 3.72. The molecule has 0 radical (unpaired) electrons. The molecule has 0 saturated heterocycles. The highest BCUT2D eigenvalue weighted by Crippen LogP contribution is 2.26. The lowest BCUT2D eigenvalue weighted by molar-refractivity contribution is 0.555. The predicted molar refractivity (Wildman–Crippen MR) is 69.6 cm³/mol. The van der Waals surface area contributed by atoms with Crippen molar-refractivity contribution in [1.29, 1.82) is 0 Å². The zero-order valence-electron chi connectivity index (χ0n) is 9.82. The molecule has 3 nitrogen and oxygen atoms in total. The van der Waals surface area contributed by atoms with Crippen molar-refractivity contribution in [1.82, 2.24) is 10.4 Å². The maximum atomic E-state index is 13.7. The number of rotatable bonds is 3. The zero-order valence-corrected chi connectivity index (χ0v) is 10.6. The summed E-state index contributed by atoms with van der Waals surface area (Å²) in [7, 11) is 0. The van der Waals surface area contributed by atoms with Crippen molar-refractivity contribution in [2.45, 2.75) is 13.0 Å². The molecule has 0 fully saturated rings. The highest BCUT2D eigenvalue weighted by Gasteiger charge is 2.16. The van der Waals surface area contributed by atoms with Gasteiger partial charge in [-0.15, -0.1) is 0 Å². The van der Waals surface area contributed by atoms with Crippen LogP contribution in [0.1, 0.15) is 22.7 Å². The minimum Gasteiger partial charge on any atom is -0.271 e. The summed E-state index contributed by atoms with van der Waals surface area (Å²) in [5, 5.41) is 0.671. The second kappa shape index (κ2) is 5.44. The average molecular weight is 266 g/mol. The fourth-order valence-corrected chi connectivity index (χ4v) is 1.95. The van der Waals surface area contributed by atoms with Crippen LogP contribution in [-0.2, 0) is 0 Å². The van der Waals surface area contributed by atoms with Crippen molar-refractivity contribution in [3.8, 4) is 0 Å². The second-order valence-corrected chi connectivity index (χ2v) is 4.41. The molecule has 0 bridgehead atoms. The third-order valence-corrected chi connectivity index (χ3v) is 3.22. The number of benzene rings is 1. The molecule has 18 heavy (non-hydrogen) atoms. The summed E-state index contributed by atoms with van der Waals surface area (Å²) in [6.45, 7) is 1.89. The van der Waals surface area contributed by atoms with E-state index in [2.05, 4.69) is 10.4 Å². The van der Waals surface area contributed by atoms with Crippen molar-refractivity contribution in [2.75, 3.05) is 0 Å². The molecule has 0 saturated carbocycles. The van der Waals surface area contributed by atoms with Crippen LogP contribution in [0.3, 0.4) is 0 Å². The SMILES string of the molecule is Cc1cc(C(NN)c2ccncc2F)ccc1Cl. The van der Waals surface area contributed by atoms with E-state index in [0.29, 0.717) is 10.6 Å². The molecule has 2 rings (SSSR count). The molecule has 1 aromatic carbocycles. The minimum atomic E-state index is -0.427. The molecule has 0 aliphatic carbocycles. The van der Waals surface area contributed by atoms with Gasteiger partial charge in [0.25, 0.3) is 0 Å². The summed E-state index contributed by atoms with van der Waals surface area (Å²) in [6.07, 6.45) is 2.70. The number of hydrazine groups is 1. The molecule has 0 aliphatic heterocycles. The van der Waals surface area contributed by atoms with Crippen LogP contribution in [0.25, 0.3) is 0 Å². The van der Waals surface area contributed by atoms with Crippen LogP contribution in [-0.4, -0.2) is 4.98 Å². The number of pyridine rings is 1. The summed E-state index contributed by atoms with van der Waals surface area (Å²) >= 11 is 5.97. The van der Waals surface area contributed by atoms with E-state index in [-0.39, 0.29) is 0 Å². The van der Waals surface area contributed by atoms with E-state index in [9.17, 15) is 4.39 Å². The van der Waals surface area contributed by atoms with Crippen molar-refractivity contribution in [2.24, 2.45) is 5.84 Å². The van der Waals surface area contributed by atoms with Crippen molar-refractivity contribution >= 4 is 11.6 Å². The first-order valence-electron chi connectivity index (χ1n) is 5.45. The van der Waals surface area contributed by atoms with Crippen LogP contribution >= 0.6 is 11.6 Å². The lowest BCUT2D eigenvalue weighted by Gasteiger charge is -2.18. The molecule has 5 heteroatoms. The van der Waals surface area contributed by atoms with Gasteiger partial charge in [0.15, 0.2) is 0 Å². The smallest absolute Gasteiger partial charge is 0.146 e. The van der Waals surface area contributed by atoms with Crippen molar-refractivity contribution < 1.29 is 4.39 Å². The van der Waals surface area contributed by atoms with Crippen LogP contribution in [0.2, 0.25) is 5.02 Å². The third kappa shape index (κ3) is 2.51. The predicted octanol–water partition coefficient (Wildman–Crippen LogP) is 2.74. The molecule has 0 aliphatic rings. The van der Waals surface area contributed by atoms with Crippen LogP contribution in [0.15, 0.2) is 36.7 Å². The Balaban J connectivity index is 2.45. The number of nitrogens with two attached hydrogens (primary N) is 1. The van der Waals surface area contributed by atoms with E-state index < -0.39 is 11.9 Å². The molecule has 0 spiro atoms. The van der Waals surface area contributed by atoms with Crippen molar-refractivity contribution in [3.05, 3.63) is 64.2 Å². The van der Waals surface area contributed by atoms with Crippen LogP contribution in [0.4, 0.5) is 4.39 Å². The molecule has 2 aromatic rings. The Hall–Kier alpha value is -1.49. The van der Waals surface area contributed by atoms with Gasteiger partial charge in [-0.2, -0.15) is 0 Å². The minimum absolute atomic E-state index is 0.395. The van der Waals surface area contributed by atoms with Gasteiger partial charge in [-0.25, -0.2) is 9.82 Å². The Labute approximate surface area is 110 Å². The topological polar surface area (TPSA) is 50.9 Å². The number of aromatic nitrogens is 1. The highest BCUT2D eigenvalue weighted by atomic mass is 35.5. The Morgan fingerprint density at radius 2 is 2.17 bits per heavy atom. The Bertz CT molecular complexity index is 560. The van der Waals surface area contributed by atoms with Crippen LogP contribution < -0.4 is 11.3 Å². The molecular weight excluding hydrogens is 253 g/mol. The molecule has 3 N–H and O–H groups in total. The molecular formula is C13H13ClFN3. The monoisotopic (exact) mass is 265 g/mol. The average Bonchev–Trinajstić information content (AvgIpc) is 2.37. The largest absolute Gasteiger partial charge is 0.271 e. The van der Waals surface area contributed by atoms with Gasteiger partial charge in [-0.3, -0.25) is 10.8 Å². The maximum absolute atomic E-state index is 13.7. The van der Waals surface area contributed by atoms with Gasteiger partial charge in [0.1, 0.15) is 5.82 Å². The Morgan fingerprint density at radius 3 is 2.78 bits per heavy atom. The quantitative estimate of drug-likeness (QED) is 0.663. The summed E-state index contributed by atoms with van der Waals surface area (Å²) in [5.74, 6) is 5.13. The van der Waals surface area contributed by atoms with E-state index in [0.717, 1.165) is 11.1 Å². The van der Waals surface area contributed by atoms with E-state index in [1.165, 1.54) is 12.4 Å². The molecule has 1 aromatic heterocycles. The van der Waals surface area contributed by atoms with Crippen LogP contribution in [0.5, 0.6) is 0 Å². The number of halogens is 2. The van der Waals surface area contributed by atoms with Gasteiger partial charge < -0.3 is 0 Å². The van der Waals surface area contributed by atoms with Crippen molar-refractivity contribution in [3.63, 3.8) is 0 Å². The number of aryl methyl sites for hydroxylation is 1. The maximum Gasteiger partial charge on any atom is 0.146 e. The molecule has 1 atom stereocenters. The highest BCUT2D eigenvalue weighted by molar-refractivity contribution is 6.31. The fraction of sp³-hybridized carbons (Fsp3) is 0.154. The summed E-state index contributed by atoms with van der Waals surface area (Å²) < 4.78 is 13.7. The first-order chi connectivity index (χ1) is 8.63. The first kappa shape index (κ1) is 13.0. The number of hydrogen-bond acceptors (Lipinski definition) is 3. The Morgan fingerprint density at radius 1 is 1.39 bits per heavy atom. The van der Waals surface area contributed by atoms with E-state index in [4.69, 9.17) is 17.4 Å². The lowest BCUT2D eigenvalue weighted by Crippen LogP contribution is -2.29. The van der Waals surface area contributed by atoms with E-state index >= 15 is 0 Å². The van der Waals surface area contributed by atoms with Gasteiger partial charge in [0.2, 0.25) is 0 Å². The molecule has 94 valence electrons. The van der Waals surface area contributed by atoms with Gasteiger partial charge in [0.05, 0.1) is 12.2 Å².